The van der Waals surface area contributed by atoms with E-state index in [1.165, 1.54) is 96.3 Å². The van der Waals surface area contributed by atoms with Gasteiger partial charge in [-0.25, -0.2) is 0 Å². The van der Waals surface area contributed by atoms with E-state index >= 15 is 0 Å². The summed E-state index contributed by atoms with van der Waals surface area (Å²) in [6, 6.07) is -0.917. The van der Waals surface area contributed by atoms with Crippen LogP contribution in [0.1, 0.15) is 213 Å². The molecule has 0 bridgehead atoms. The van der Waals surface area contributed by atoms with Crippen molar-refractivity contribution in [2.24, 2.45) is 0 Å². The molecular formula is C59H103N2O7P. The molecule has 0 fully saturated rings. The van der Waals surface area contributed by atoms with Gasteiger partial charge in [0.25, 0.3) is 7.82 Å². The Balaban J connectivity index is 5.47. The number of carbonyl (C=O) groups excluding carboxylic acids is 2. The lowest BCUT2D eigenvalue weighted by molar-refractivity contribution is -0.870. The number of likely N-dealkylation sites (N-methyl/N-ethyl adjacent to an activating group) is 1. The third-order valence-electron chi connectivity index (χ3n) is 11.7. The van der Waals surface area contributed by atoms with Crippen molar-refractivity contribution in [1.82, 2.24) is 5.32 Å². The summed E-state index contributed by atoms with van der Waals surface area (Å²) in [7, 11) is 1.13. The lowest BCUT2D eigenvalue weighted by Crippen LogP contribution is -2.47. The van der Waals surface area contributed by atoms with Crippen molar-refractivity contribution >= 4 is 19.7 Å². The number of allylic oxidation sites excluding steroid dienone is 15. The maximum absolute atomic E-state index is 13.4. The lowest BCUT2D eigenvalue weighted by Gasteiger charge is -2.30. The van der Waals surface area contributed by atoms with Gasteiger partial charge >= 0.3 is 5.97 Å². The van der Waals surface area contributed by atoms with E-state index in [2.05, 4.69) is 50.4 Å². The maximum Gasteiger partial charge on any atom is 0.306 e. The number of phosphoric acid groups is 1. The zero-order valence-corrected chi connectivity index (χ0v) is 45.9. The van der Waals surface area contributed by atoms with Gasteiger partial charge in [0.15, 0.2) is 0 Å². The molecule has 69 heavy (non-hydrogen) atoms. The normalized spacial score (nSPS) is 14.6. The Morgan fingerprint density at radius 2 is 0.942 bits per heavy atom. The molecule has 9 nitrogen and oxygen atoms in total. The summed E-state index contributed by atoms with van der Waals surface area (Å²) in [5.74, 6) is -0.605. The van der Waals surface area contributed by atoms with Gasteiger partial charge in [-0.1, -0.05) is 221 Å². The molecule has 396 valence electrons. The van der Waals surface area contributed by atoms with Crippen LogP contribution in [0.2, 0.25) is 0 Å². The van der Waals surface area contributed by atoms with E-state index in [4.69, 9.17) is 13.8 Å². The number of unbranched alkanes of at least 4 members (excludes halogenated alkanes) is 23. The number of carbonyl (C=O) groups is 2. The third kappa shape index (κ3) is 49.7. The number of nitrogens with zero attached hydrogens (tertiary/aromatic N) is 1. The standard InChI is InChI=1S/C59H103N2O7P/c1-7-10-13-16-19-22-25-27-29-30-32-33-36-39-42-45-48-51-58(62)60-56(55-67-69(64,65)66-54-53-61(4,5)6)57(50-47-44-41-38-35-24-21-18-15-12-9-3)68-59(63)52-49-46-43-40-37-34-31-28-26-23-20-17-14-11-8-2/h10,13,16,19,22-23,25-27,29-30,32-33,36,47,50,56-57H,7-9,11-12,14-15,17-18,20-21,24,28,31,34-35,37-46,48-49,51-55H2,1-6H3,(H-,60,62,64,65)/b13-10-,19-16+,25-22+,26-23-,29-27-,32-30+,36-33+,50-47+. The van der Waals surface area contributed by atoms with Crippen LogP contribution in [0.15, 0.2) is 97.2 Å². The minimum atomic E-state index is -4.71. The Kier molecular flexibility index (Phi) is 46.4. The fourth-order valence-corrected chi connectivity index (χ4v) is 8.09. The molecular weight excluding hydrogens is 880 g/mol. The van der Waals surface area contributed by atoms with Crippen molar-refractivity contribution in [2.45, 2.75) is 226 Å². The number of phosphoric ester groups is 1. The van der Waals surface area contributed by atoms with Crippen LogP contribution >= 0.6 is 7.82 Å². The van der Waals surface area contributed by atoms with Gasteiger partial charge < -0.3 is 28.5 Å². The number of hydrogen-bond acceptors (Lipinski definition) is 7. The summed E-state index contributed by atoms with van der Waals surface area (Å²) in [5.41, 5.74) is 0. The average molecular weight is 983 g/mol. The molecule has 0 spiro atoms. The van der Waals surface area contributed by atoms with Crippen LogP contribution in [0, 0.1) is 0 Å². The number of ether oxygens (including phenoxy) is 1. The average Bonchev–Trinajstić information content (AvgIpc) is 3.31. The summed E-state index contributed by atoms with van der Waals surface area (Å²) in [6.07, 6.45) is 63.7. The van der Waals surface area contributed by atoms with E-state index in [1.54, 1.807) is 0 Å². The monoisotopic (exact) mass is 983 g/mol. The van der Waals surface area contributed by atoms with Crippen molar-refractivity contribution < 1.29 is 37.3 Å². The molecule has 1 N–H and O–H groups in total. The Morgan fingerprint density at radius 3 is 1.46 bits per heavy atom. The second kappa shape index (κ2) is 48.6. The molecule has 1 amide bonds. The van der Waals surface area contributed by atoms with Crippen LogP contribution in [0.4, 0.5) is 0 Å². The second-order valence-electron chi connectivity index (χ2n) is 19.5. The van der Waals surface area contributed by atoms with Gasteiger partial charge in [-0.15, -0.1) is 0 Å². The molecule has 0 aromatic carbocycles. The highest BCUT2D eigenvalue weighted by Crippen LogP contribution is 2.38. The molecule has 3 atom stereocenters. The van der Waals surface area contributed by atoms with Gasteiger partial charge in [0.05, 0.1) is 33.8 Å². The number of quaternary nitrogens is 1. The summed E-state index contributed by atoms with van der Waals surface area (Å²) in [6.45, 7) is 6.61. The van der Waals surface area contributed by atoms with Gasteiger partial charge in [0, 0.05) is 12.8 Å². The van der Waals surface area contributed by atoms with E-state index in [0.717, 1.165) is 70.6 Å². The highest BCUT2D eigenvalue weighted by molar-refractivity contribution is 7.45. The van der Waals surface area contributed by atoms with E-state index in [9.17, 15) is 19.0 Å². The molecule has 0 saturated heterocycles. The zero-order valence-electron chi connectivity index (χ0n) is 45.0. The summed E-state index contributed by atoms with van der Waals surface area (Å²) < 4.78 is 30.1. The van der Waals surface area contributed by atoms with Gasteiger partial charge in [0.2, 0.25) is 5.91 Å². The fraction of sp³-hybridized carbons (Fsp3) is 0.695. The maximum atomic E-state index is 13.4. The van der Waals surface area contributed by atoms with Crippen LogP contribution in [0.25, 0.3) is 0 Å². The first kappa shape index (κ1) is 65.9. The Labute approximate surface area is 424 Å². The highest BCUT2D eigenvalue weighted by atomic mass is 31.2. The van der Waals surface area contributed by atoms with Crippen LogP contribution in [-0.4, -0.2) is 69.4 Å². The number of rotatable bonds is 48. The molecule has 0 saturated carbocycles. The van der Waals surface area contributed by atoms with Crippen molar-refractivity contribution in [3.8, 4) is 0 Å². The van der Waals surface area contributed by atoms with Crippen molar-refractivity contribution in [1.29, 1.82) is 0 Å². The minimum absolute atomic E-state index is 0.0370. The molecule has 0 aromatic heterocycles. The Morgan fingerprint density at radius 1 is 0.522 bits per heavy atom. The fourth-order valence-electron chi connectivity index (χ4n) is 7.37. The molecule has 3 unspecified atom stereocenters. The predicted molar refractivity (Wildman–Crippen MR) is 293 cm³/mol. The van der Waals surface area contributed by atoms with E-state index < -0.39 is 26.6 Å². The molecule has 0 aliphatic heterocycles. The molecule has 0 aliphatic rings. The van der Waals surface area contributed by atoms with Crippen molar-refractivity contribution in [3.05, 3.63) is 97.2 Å². The topological polar surface area (TPSA) is 114 Å². The SMILES string of the molecule is CC\C=C/C=C/C=C/C=C\C=C\C=C\CCCCCC(=O)NC(COP(=O)([O-])OCC[N+](C)(C)C)C(/C=C/CCCCCCCCCCC)OC(=O)CCCCCCCCC/C=C\CCCCCC. The van der Waals surface area contributed by atoms with E-state index in [1.807, 2.05) is 94.1 Å². The van der Waals surface area contributed by atoms with Gasteiger partial charge in [-0.3, -0.25) is 14.2 Å². The lowest BCUT2D eigenvalue weighted by atomic mass is 10.1. The number of esters is 1. The second-order valence-corrected chi connectivity index (χ2v) is 20.9. The number of amides is 1. The van der Waals surface area contributed by atoms with Crippen molar-refractivity contribution in [3.63, 3.8) is 0 Å². The first-order valence-corrected chi connectivity index (χ1v) is 29.1. The Hall–Kier alpha value is -3.07. The van der Waals surface area contributed by atoms with Crippen LogP contribution in [0.5, 0.6) is 0 Å². The third-order valence-corrected chi connectivity index (χ3v) is 12.6. The largest absolute Gasteiger partial charge is 0.756 e. The molecule has 0 heterocycles. The van der Waals surface area contributed by atoms with Crippen LogP contribution in [-0.2, 0) is 27.9 Å². The first-order chi connectivity index (χ1) is 33.4. The zero-order chi connectivity index (χ0) is 50.8. The summed E-state index contributed by atoms with van der Waals surface area (Å²) in [4.78, 5) is 39.8. The molecule has 0 aromatic rings. The highest BCUT2D eigenvalue weighted by Gasteiger charge is 2.27. The van der Waals surface area contributed by atoms with Gasteiger partial charge in [0.1, 0.15) is 19.3 Å². The molecule has 10 heteroatoms. The molecule has 0 aliphatic carbocycles. The molecule has 0 radical (unpaired) electrons. The van der Waals surface area contributed by atoms with E-state index in [-0.39, 0.29) is 31.3 Å². The first-order valence-electron chi connectivity index (χ1n) is 27.6. The minimum Gasteiger partial charge on any atom is -0.756 e. The van der Waals surface area contributed by atoms with Gasteiger partial charge in [-0.2, -0.15) is 0 Å². The van der Waals surface area contributed by atoms with Gasteiger partial charge in [-0.05, 0) is 76.7 Å². The quantitative estimate of drug-likeness (QED) is 0.0161. The van der Waals surface area contributed by atoms with Crippen LogP contribution < -0.4 is 10.2 Å². The Bertz CT molecular complexity index is 1510. The van der Waals surface area contributed by atoms with Crippen LogP contribution in [0.3, 0.4) is 0 Å². The number of nitrogens with one attached hydrogen (secondary N) is 1. The van der Waals surface area contributed by atoms with E-state index in [0.29, 0.717) is 23.9 Å². The summed E-state index contributed by atoms with van der Waals surface area (Å²) >= 11 is 0. The predicted octanol–water partition coefficient (Wildman–Crippen LogP) is 15.8. The summed E-state index contributed by atoms with van der Waals surface area (Å²) in [5, 5.41) is 2.99. The smallest absolute Gasteiger partial charge is 0.306 e. The molecule has 0 rings (SSSR count). The van der Waals surface area contributed by atoms with Crippen molar-refractivity contribution in [2.75, 3.05) is 40.9 Å². The number of hydrogen-bond donors (Lipinski definition) is 1.